The maximum Gasteiger partial charge on any atom is 0.417 e. The van der Waals surface area contributed by atoms with Gasteiger partial charge in [0.25, 0.3) is 5.56 Å². The van der Waals surface area contributed by atoms with Gasteiger partial charge in [0.1, 0.15) is 11.5 Å². The van der Waals surface area contributed by atoms with E-state index in [4.69, 9.17) is 0 Å². The number of hydrogen-bond donors (Lipinski definition) is 2. The molecule has 0 atom stereocenters. The van der Waals surface area contributed by atoms with Gasteiger partial charge in [-0.3, -0.25) is 9.59 Å². The van der Waals surface area contributed by atoms with Gasteiger partial charge in [-0.1, -0.05) is 0 Å². The van der Waals surface area contributed by atoms with Crippen molar-refractivity contribution >= 4 is 29.3 Å². The summed E-state index contributed by atoms with van der Waals surface area (Å²) in [6, 6.07) is -0.202. The third kappa shape index (κ3) is 5.79. The zero-order valence-electron chi connectivity index (χ0n) is 18.3. The van der Waals surface area contributed by atoms with Crippen molar-refractivity contribution in [1.29, 1.82) is 0 Å². The van der Waals surface area contributed by atoms with E-state index < -0.39 is 29.0 Å². The summed E-state index contributed by atoms with van der Waals surface area (Å²) in [4.78, 5) is 47.7. The van der Waals surface area contributed by atoms with Crippen molar-refractivity contribution in [3.8, 4) is 0 Å². The standard InChI is InChI=1S/C20H24F3N7O3/c1-12(31)26-16-9-25-17(10-24-16)30-6-4-14(5-7-30)29(3)19(33)27-15-8-13(20(21,22)23)11-28(2)18(15)32/h8-11,14H,4-7H2,1-3H3,(H,27,33)(H,24,26,31). The largest absolute Gasteiger partial charge is 0.417 e. The minimum Gasteiger partial charge on any atom is -0.355 e. The van der Waals surface area contributed by atoms with E-state index in [0.717, 1.165) is 4.57 Å². The number of pyridine rings is 1. The van der Waals surface area contributed by atoms with E-state index in [1.807, 2.05) is 4.90 Å². The van der Waals surface area contributed by atoms with Crippen LogP contribution in [0, 0.1) is 0 Å². The van der Waals surface area contributed by atoms with E-state index in [1.165, 1.54) is 32.1 Å². The molecule has 3 heterocycles. The van der Waals surface area contributed by atoms with Crippen LogP contribution >= 0.6 is 0 Å². The molecule has 10 nitrogen and oxygen atoms in total. The number of aromatic nitrogens is 3. The molecule has 0 saturated carbocycles. The van der Waals surface area contributed by atoms with Crippen LogP contribution in [0.3, 0.4) is 0 Å². The zero-order chi connectivity index (χ0) is 24.3. The number of nitrogens with one attached hydrogen (secondary N) is 2. The molecular weight excluding hydrogens is 443 g/mol. The molecule has 13 heteroatoms. The number of anilines is 3. The van der Waals surface area contributed by atoms with Gasteiger partial charge in [-0.25, -0.2) is 14.8 Å². The van der Waals surface area contributed by atoms with Crippen LogP contribution in [-0.2, 0) is 18.0 Å². The highest BCUT2D eigenvalue weighted by atomic mass is 19.4. The summed E-state index contributed by atoms with van der Waals surface area (Å²) in [6.07, 6.45) is 0.207. The molecule has 33 heavy (non-hydrogen) atoms. The summed E-state index contributed by atoms with van der Waals surface area (Å²) in [5.41, 5.74) is -2.20. The minimum atomic E-state index is -4.65. The predicted octanol–water partition coefficient (Wildman–Crippen LogP) is 2.29. The van der Waals surface area contributed by atoms with E-state index >= 15 is 0 Å². The van der Waals surface area contributed by atoms with Gasteiger partial charge >= 0.3 is 12.2 Å². The number of carbonyl (C=O) groups is 2. The van der Waals surface area contributed by atoms with Crippen molar-refractivity contribution in [3.05, 3.63) is 40.6 Å². The van der Waals surface area contributed by atoms with Crippen molar-refractivity contribution in [2.45, 2.75) is 32.0 Å². The number of carbonyl (C=O) groups excluding carboxylic acids is 2. The Labute approximate surface area is 187 Å². The molecule has 178 valence electrons. The number of hydrogen-bond acceptors (Lipinski definition) is 6. The Morgan fingerprint density at radius 2 is 1.82 bits per heavy atom. The molecule has 2 aromatic rings. The summed E-state index contributed by atoms with van der Waals surface area (Å²) in [5.74, 6) is 0.725. The first-order valence-corrected chi connectivity index (χ1v) is 10.1. The number of alkyl halides is 3. The van der Waals surface area contributed by atoms with Gasteiger partial charge in [0, 0.05) is 46.3 Å². The number of aryl methyl sites for hydroxylation is 1. The van der Waals surface area contributed by atoms with Crippen molar-refractivity contribution in [2.75, 3.05) is 35.7 Å². The highest BCUT2D eigenvalue weighted by molar-refractivity contribution is 5.89. The molecule has 1 fully saturated rings. The van der Waals surface area contributed by atoms with E-state index in [2.05, 4.69) is 20.6 Å². The second kappa shape index (κ2) is 9.46. The number of rotatable bonds is 4. The number of piperidine rings is 1. The lowest BCUT2D eigenvalue weighted by Crippen LogP contribution is -2.47. The highest BCUT2D eigenvalue weighted by Crippen LogP contribution is 2.29. The normalized spacial score (nSPS) is 14.7. The fourth-order valence-electron chi connectivity index (χ4n) is 3.54. The Bertz CT molecular complexity index is 1080. The van der Waals surface area contributed by atoms with Gasteiger partial charge in [0.2, 0.25) is 5.91 Å². The van der Waals surface area contributed by atoms with Gasteiger partial charge in [0.05, 0.1) is 18.0 Å². The third-order valence-corrected chi connectivity index (χ3v) is 5.35. The van der Waals surface area contributed by atoms with Gasteiger partial charge in [-0.2, -0.15) is 13.2 Å². The lowest BCUT2D eigenvalue weighted by atomic mass is 10.0. The van der Waals surface area contributed by atoms with Crippen LogP contribution in [-0.4, -0.2) is 57.6 Å². The lowest BCUT2D eigenvalue weighted by Gasteiger charge is -2.37. The van der Waals surface area contributed by atoms with Crippen LogP contribution in [0.2, 0.25) is 0 Å². The second-order valence-electron chi connectivity index (χ2n) is 7.76. The van der Waals surface area contributed by atoms with Gasteiger partial charge in [-0.05, 0) is 18.9 Å². The van der Waals surface area contributed by atoms with Crippen molar-refractivity contribution in [2.24, 2.45) is 7.05 Å². The fourth-order valence-corrected chi connectivity index (χ4v) is 3.54. The van der Waals surface area contributed by atoms with Crippen LogP contribution in [0.4, 0.5) is 35.3 Å². The maximum absolute atomic E-state index is 13.0. The van der Waals surface area contributed by atoms with Crippen LogP contribution in [0.5, 0.6) is 0 Å². The minimum absolute atomic E-state index is 0.178. The topological polar surface area (TPSA) is 112 Å². The molecule has 0 aliphatic carbocycles. The Hall–Kier alpha value is -3.64. The molecule has 0 spiro atoms. The molecule has 3 rings (SSSR count). The van der Waals surface area contributed by atoms with Gasteiger partial charge in [0.15, 0.2) is 5.82 Å². The summed E-state index contributed by atoms with van der Waals surface area (Å²) in [6.45, 7) is 2.52. The summed E-state index contributed by atoms with van der Waals surface area (Å²) >= 11 is 0. The van der Waals surface area contributed by atoms with E-state index in [-0.39, 0.29) is 11.9 Å². The Morgan fingerprint density at radius 1 is 1.15 bits per heavy atom. The Morgan fingerprint density at radius 3 is 2.36 bits per heavy atom. The molecule has 1 saturated heterocycles. The van der Waals surface area contributed by atoms with Crippen LogP contribution < -0.4 is 21.1 Å². The maximum atomic E-state index is 13.0. The highest BCUT2D eigenvalue weighted by Gasteiger charge is 2.33. The second-order valence-corrected chi connectivity index (χ2v) is 7.76. The molecule has 1 aliphatic rings. The molecule has 2 N–H and O–H groups in total. The van der Waals surface area contributed by atoms with Gasteiger partial charge in [-0.15, -0.1) is 0 Å². The molecule has 0 aromatic carbocycles. The molecule has 0 bridgehead atoms. The quantitative estimate of drug-likeness (QED) is 0.714. The fraction of sp³-hybridized carbons (Fsp3) is 0.450. The predicted molar refractivity (Wildman–Crippen MR) is 115 cm³/mol. The Balaban J connectivity index is 1.61. The average molecular weight is 467 g/mol. The number of urea groups is 1. The molecule has 2 aromatic heterocycles. The first-order valence-electron chi connectivity index (χ1n) is 10.1. The molecular formula is C20H24F3N7O3. The molecule has 0 unspecified atom stereocenters. The summed E-state index contributed by atoms with van der Waals surface area (Å²) < 4.78 is 39.9. The monoisotopic (exact) mass is 467 g/mol. The van der Waals surface area contributed by atoms with Crippen molar-refractivity contribution in [1.82, 2.24) is 19.4 Å². The van der Waals surface area contributed by atoms with Crippen LogP contribution in [0.25, 0.3) is 0 Å². The summed E-state index contributed by atoms with van der Waals surface area (Å²) in [5, 5.41) is 4.85. The smallest absolute Gasteiger partial charge is 0.355 e. The lowest BCUT2D eigenvalue weighted by molar-refractivity contribution is -0.138. The van der Waals surface area contributed by atoms with Crippen molar-refractivity contribution < 1.29 is 22.8 Å². The average Bonchev–Trinajstić information content (AvgIpc) is 2.75. The third-order valence-electron chi connectivity index (χ3n) is 5.35. The van der Waals surface area contributed by atoms with E-state index in [0.29, 0.717) is 49.8 Å². The number of amides is 3. The van der Waals surface area contributed by atoms with Crippen LogP contribution in [0.15, 0.2) is 29.5 Å². The Kier molecular flexibility index (Phi) is 6.89. The van der Waals surface area contributed by atoms with Crippen LogP contribution in [0.1, 0.15) is 25.3 Å². The van der Waals surface area contributed by atoms with E-state index in [9.17, 15) is 27.6 Å². The SMILES string of the molecule is CC(=O)Nc1cnc(N2CCC(N(C)C(=O)Nc3cc(C(F)(F)F)cn(C)c3=O)CC2)cn1. The van der Waals surface area contributed by atoms with E-state index in [1.54, 1.807) is 6.20 Å². The number of halogens is 3. The number of nitrogens with zero attached hydrogens (tertiary/aromatic N) is 5. The molecule has 1 aliphatic heterocycles. The first kappa shape index (κ1) is 24.0. The first-order chi connectivity index (χ1) is 15.5. The van der Waals surface area contributed by atoms with Gasteiger partial charge < -0.3 is 25.0 Å². The summed E-state index contributed by atoms with van der Waals surface area (Å²) in [7, 11) is 2.73. The zero-order valence-corrected chi connectivity index (χ0v) is 18.3. The molecule has 0 radical (unpaired) electrons. The molecule has 3 amide bonds. The van der Waals surface area contributed by atoms with Crippen molar-refractivity contribution in [3.63, 3.8) is 0 Å².